The van der Waals surface area contributed by atoms with Crippen molar-refractivity contribution in [1.82, 2.24) is 0 Å². The average molecular weight is 208 g/mol. The average Bonchev–Trinajstić information content (AvgIpc) is 2.26. The zero-order valence-electron chi connectivity index (χ0n) is 8.68. The molecule has 1 aliphatic heterocycles. The number of halogens is 2. The summed E-state index contributed by atoms with van der Waals surface area (Å²) in [6, 6.07) is 0.0213. The molecule has 0 aromatic heterocycles. The van der Waals surface area contributed by atoms with Crippen molar-refractivity contribution in [2.24, 2.45) is 17.8 Å². The zero-order valence-corrected chi connectivity index (χ0v) is 9.68. The Balaban J connectivity index is 2.71. The number of hydrogen-bond donors (Lipinski definition) is 0. The molecule has 0 radical (unpaired) electrons. The molecule has 1 saturated heterocycles. The fourth-order valence-corrected chi connectivity index (χ4v) is 4.16. The maximum atomic E-state index is 13.1. The molecule has 0 bridgehead atoms. The van der Waals surface area contributed by atoms with E-state index in [1.807, 2.05) is 27.7 Å². The van der Waals surface area contributed by atoms with Gasteiger partial charge < -0.3 is 4.43 Å². The smallest absolute Gasteiger partial charge is 0.364 e. The Morgan fingerprint density at radius 1 is 1.15 bits per heavy atom. The molecule has 0 spiro atoms. The van der Waals surface area contributed by atoms with Crippen molar-refractivity contribution in [2.45, 2.75) is 39.8 Å². The van der Waals surface area contributed by atoms with Crippen molar-refractivity contribution in [3.05, 3.63) is 0 Å². The van der Waals surface area contributed by atoms with Gasteiger partial charge in [-0.2, -0.15) is 0 Å². The highest BCUT2D eigenvalue weighted by Gasteiger charge is 2.54. The van der Waals surface area contributed by atoms with Gasteiger partial charge in [-0.3, -0.25) is 0 Å². The molecule has 0 amide bonds. The SMILES string of the molecule is CC(C)C1C[Si](F)(F)OC1C(C)C. The predicted molar refractivity (Wildman–Crippen MR) is 50.8 cm³/mol. The summed E-state index contributed by atoms with van der Waals surface area (Å²) < 4.78 is 31.1. The molecule has 1 nitrogen and oxygen atoms in total. The van der Waals surface area contributed by atoms with Gasteiger partial charge in [-0.1, -0.05) is 27.7 Å². The maximum Gasteiger partial charge on any atom is 0.578 e. The van der Waals surface area contributed by atoms with Crippen LogP contribution in [-0.4, -0.2) is 15.1 Å². The predicted octanol–water partition coefficient (Wildman–Crippen LogP) is 3.19. The third kappa shape index (κ3) is 2.50. The minimum Gasteiger partial charge on any atom is -0.364 e. The summed E-state index contributed by atoms with van der Waals surface area (Å²) in [5.41, 5.74) is 0. The molecule has 1 fully saturated rings. The lowest BCUT2D eigenvalue weighted by atomic mass is 9.86. The highest BCUT2D eigenvalue weighted by molar-refractivity contribution is 6.60. The summed E-state index contributed by atoms with van der Waals surface area (Å²) in [6.45, 7) is 7.91. The second-order valence-electron chi connectivity index (χ2n) is 4.58. The largest absolute Gasteiger partial charge is 0.578 e. The molecular formula is C9H18F2OSi. The van der Waals surface area contributed by atoms with Gasteiger partial charge >= 0.3 is 8.99 Å². The van der Waals surface area contributed by atoms with Crippen LogP contribution in [0.3, 0.4) is 0 Å². The van der Waals surface area contributed by atoms with E-state index in [0.29, 0.717) is 5.92 Å². The highest BCUT2D eigenvalue weighted by Crippen LogP contribution is 2.41. The molecule has 0 aromatic carbocycles. The molecular weight excluding hydrogens is 190 g/mol. The molecule has 0 aliphatic carbocycles. The van der Waals surface area contributed by atoms with E-state index < -0.39 is 8.99 Å². The summed E-state index contributed by atoms with van der Waals surface area (Å²) in [5, 5.41) is 0. The monoisotopic (exact) mass is 208 g/mol. The van der Waals surface area contributed by atoms with Crippen LogP contribution in [0.15, 0.2) is 0 Å². The van der Waals surface area contributed by atoms with Gasteiger partial charge in [0.05, 0.1) is 6.10 Å². The van der Waals surface area contributed by atoms with Gasteiger partial charge in [-0.05, 0) is 17.8 Å². The minimum atomic E-state index is -4.29. The van der Waals surface area contributed by atoms with Crippen molar-refractivity contribution < 1.29 is 12.6 Å². The van der Waals surface area contributed by atoms with E-state index in [9.17, 15) is 8.22 Å². The van der Waals surface area contributed by atoms with Crippen molar-refractivity contribution >= 4 is 8.99 Å². The Bertz CT molecular complexity index is 164. The van der Waals surface area contributed by atoms with Gasteiger partial charge in [0.25, 0.3) is 0 Å². The van der Waals surface area contributed by atoms with Crippen LogP contribution in [-0.2, 0) is 4.43 Å². The van der Waals surface area contributed by atoms with E-state index in [4.69, 9.17) is 4.43 Å². The summed E-state index contributed by atoms with van der Waals surface area (Å²) in [5.74, 6) is 0.559. The van der Waals surface area contributed by atoms with Crippen molar-refractivity contribution in [3.63, 3.8) is 0 Å². The second kappa shape index (κ2) is 3.65. The number of hydrogen-bond acceptors (Lipinski definition) is 1. The van der Waals surface area contributed by atoms with Crippen molar-refractivity contribution in [3.8, 4) is 0 Å². The second-order valence-corrected chi connectivity index (χ2v) is 6.49. The molecule has 1 rings (SSSR count). The number of rotatable bonds is 2. The third-order valence-corrected chi connectivity index (χ3v) is 4.28. The minimum absolute atomic E-state index is 0.0213. The molecule has 4 heteroatoms. The Morgan fingerprint density at radius 2 is 1.69 bits per heavy atom. The van der Waals surface area contributed by atoms with Crippen LogP contribution in [0.25, 0.3) is 0 Å². The van der Waals surface area contributed by atoms with Crippen LogP contribution in [0.1, 0.15) is 27.7 Å². The summed E-state index contributed by atoms with van der Waals surface area (Å²) in [4.78, 5) is 0. The molecule has 0 aromatic rings. The first-order valence-corrected chi connectivity index (χ1v) is 6.76. The molecule has 13 heavy (non-hydrogen) atoms. The van der Waals surface area contributed by atoms with Gasteiger partial charge in [0, 0.05) is 6.04 Å². The standard InChI is InChI=1S/C9H18F2OSi/c1-6(2)8-5-13(10,11)12-9(8)7(3)4/h6-9H,5H2,1-4H3. The first-order valence-electron chi connectivity index (χ1n) is 4.89. The van der Waals surface area contributed by atoms with E-state index in [1.54, 1.807) is 0 Å². The summed E-state index contributed by atoms with van der Waals surface area (Å²) >= 11 is 0. The van der Waals surface area contributed by atoms with Gasteiger partial charge in [0.15, 0.2) is 0 Å². The van der Waals surface area contributed by atoms with Gasteiger partial charge in [-0.25, -0.2) is 8.22 Å². The molecule has 2 unspecified atom stereocenters. The van der Waals surface area contributed by atoms with Crippen LogP contribution < -0.4 is 0 Å². The van der Waals surface area contributed by atoms with Crippen molar-refractivity contribution in [2.75, 3.05) is 0 Å². The molecule has 0 N–H and O–H groups in total. The summed E-state index contributed by atoms with van der Waals surface area (Å²) in [6.07, 6.45) is -0.221. The van der Waals surface area contributed by atoms with E-state index in [-0.39, 0.29) is 24.0 Å². The highest BCUT2D eigenvalue weighted by atomic mass is 28.4. The fraction of sp³-hybridized carbons (Fsp3) is 1.00. The fourth-order valence-electron chi connectivity index (χ4n) is 1.97. The van der Waals surface area contributed by atoms with E-state index >= 15 is 0 Å². The Kier molecular flexibility index (Phi) is 3.12. The molecule has 1 aliphatic rings. The normalized spacial score (nSPS) is 33.2. The Morgan fingerprint density at radius 3 is 2.00 bits per heavy atom. The van der Waals surface area contributed by atoms with E-state index in [0.717, 1.165) is 0 Å². The van der Waals surface area contributed by atoms with Gasteiger partial charge in [0.2, 0.25) is 0 Å². The topological polar surface area (TPSA) is 9.23 Å². The summed E-state index contributed by atoms with van der Waals surface area (Å²) in [7, 11) is -4.29. The third-order valence-electron chi connectivity index (χ3n) is 2.72. The quantitative estimate of drug-likeness (QED) is 0.500. The van der Waals surface area contributed by atoms with E-state index in [2.05, 4.69) is 0 Å². The first-order chi connectivity index (χ1) is 5.83. The first kappa shape index (κ1) is 11.1. The maximum absolute atomic E-state index is 13.1. The molecule has 78 valence electrons. The van der Waals surface area contributed by atoms with Crippen molar-refractivity contribution in [1.29, 1.82) is 0 Å². The Labute approximate surface area is 80.0 Å². The van der Waals surface area contributed by atoms with Crippen LogP contribution in [0.4, 0.5) is 8.22 Å². The zero-order chi connectivity index (χ0) is 10.2. The van der Waals surface area contributed by atoms with Crippen LogP contribution in [0.2, 0.25) is 6.04 Å². The van der Waals surface area contributed by atoms with Gasteiger partial charge in [0.1, 0.15) is 0 Å². The van der Waals surface area contributed by atoms with Crippen LogP contribution in [0.5, 0.6) is 0 Å². The van der Waals surface area contributed by atoms with Gasteiger partial charge in [-0.15, -0.1) is 0 Å². The van der Waals surface area contributed by atoms with E-state index in [1.165, 1.54) is 0 Å². The lowest BCUT2D eigenvalue weighted by molar-refractivity contribution is 0.0858. The molecule has 0 saturated carbocycles. The molecule has 2 atom stereocenters. The lowest BCUT2D eigenvalue weighted by Gasteiger charge is -2.24. The van der Waals surface area contributed by atoms with Crippen LogP contribution in [0, 0.1) is 17.8 Å². The lowest BCUT2D eigenvalue weighted by Crippen LogP contribution is -2.27. The molecule has 1 heterocycles. The Hall–Kier alpha value is 0.0369. The van der Waals surface area contributed by atoms with Crippen LogP contribution >= 0.6 is 0 Å².